The molecule has 0 aliphatic carbocycles. The molecule has 0 spiro atoms. The highest BCUT2D eigenvalue weighted by molar-refractivity contribution is 6.31. The molecule has 0 saturated carbocycles. The zero-order valence-corrected chi connectivity index (χ0v) is 12.0. The van der Waals surface area contributed by atoms with Gasteiger partial charge in [0.1, 0.15) is 0 Å². The van der Waals surface area contributed by atoms with Crippen LogP contribution < -0.4 is 5.32 Å². The Morgan fingerprint density at radius 2 is 1.50 bits per heavy atom. The number of rotatable bonds is 4. The second-order valence-corrected chi connectivity index (χ2v) is 4.67. The molecule has 0 fully saturated rings. The van der Waals surface area contributed by atoms with E-state index < -0.39 is 0 Å². The maximum Gasteiger partial charge on any atom is 0.0450 e. The maximum atomic E-state index is 6.07. The molecule has 2 aromatic carbocycles. The summed E-state index contributed by atoms with van der Waals surface area (Å²) in [7, 11) is 0. The van der Waals surface area contributed by atoms with Gasteiger partial charge in [0, 0.05) is 23.1 Å². The van der Waals surface area contributed by atoms with E-state index in [0.717, 1.165) is 28.7 Å². The molecule has 2 aromatic rings. The molecule has 0 amide bonds. The normalized spacial score (nSPS) is 9.89. The van der Waals surface area contributed by atoms with E-state index in [-0.39, 0.29) is 12.4 Å². The van der Waals surface area contributed by atoms with Crippen LogP contribution in [-0.2, 0) is 13.1 Å². The first-order chi connectivity index (χ1) is 8.25. The molecule has 0 heterocycles. The summed E-state index contributed by atoms with van der Waals surface area (Å²) >= 11 is 11.9. The van der Waals surface area contributed by atoms with Gasteiger partial charge < -0.3 is 5.32 Å². The summed E-state index contributed by atoms with van der Waals surface area (Å²) < 4.78 is 0. The topological polar surface area (TPSA) is 12.0 Å². The van der Waals surface area contributed by atoms with Gasteiger partial charge in [0.15, 0.2) is 0 Å². The second kappa shape index (κ2) is 7.65. The van der Waals surface area contributed by atoms with Crippen LogP contribution >= 0.6 is 35.6 Å². The lowest BCUT2D eigenvalue weighted by Crippen LogP contribution is -2.12. The monoisotopic (exact) mass is 301 g/mol. The zero-order chi connectivity index (χ0) is 12.1. The quantitative estimate of drug-likeness (QED) is 0.863. The first kappa shape index (κ1) is 15.3. The van der Waals surface area contributed by atoms with Gasteiger partial charge in [-0.25, -0.2) is 0 Å². The van der Waals surface area contributed by atoms with Crippen LogP contribution in [0.4, 0.5) is 0 Å². The summed E-state index contributed by atoms with van der Waals surface area (Å²) in [6.07, 6.45) is 0. The molecule has 0 unspecified atom stereocenters. The number of hydrogen-bond donors (Lipinski definition) is 1. The van der Waals surface area contributed by atoms with E-state index in [1.807, 2.05) is 48.5 Å². The first-order valence-corrected chi connectivity index (χ1v) is 6.20. The Morgan fingerprint density at radius 3 is 2.17 bits per heavy atom. The van der Waals surface area contributed by atoms with Gasteiger partial charge >= 0.3 is 0 Å². The van der Waals surface area contributed by atoms with E-state index in [2.05, 4.69) is 5.32 Å². The highest BCUT2D eigenvalue weighted by Gasteiger charge is 1.98. The predicted octanol–water partition coefficient (Wildman–Crippen LogP) is 4.71. The van der Waals surface area contributed by atoms with Gasteiger partial charge in [-0.15, -0.1) is 12.4 Å². The number of nitrogens with one attached hydrogen (secondary N) is 1. The Balaban J connectivity index is 0.00000162. The van der Waals surface area contributed by atoms with E-state index in [1.165, 1.54) is 5.56 Å². The van der Waals surface area contributed by atoms with Crippen molar-refractivity contribution in [3.63, 3.8) is 0 Å². The number of hydrogen-bond acceptors (Lipinski definition) is 1. The van der Waals surface area contributed by atoms with Crippen LogP contribution in [0.25, 0.3) is 0 Å². The molecular weight excluding hydrogens is 289 g/mol. The predicted molar refractivity (Wildman–Crippen MR) is 80.7 cm³/mol. The summed E-state index contributed by atoms with van der Waals surface area (Å²) in [6, 6.07) is 15.7. The average molecular weight is 303 g/mol. The highest BCUT2D eigenvalue weighted by Crippen LogP contribution is 2.14. The summed E-state index contributed by atoms with van der Waals surface area (Å²) in [6.45, 7) is 1.57. The Morgan fingerprint density at radius 1 is 0.833 bits per heavy atom. The third-order valence-electron chi connectivity index (χ3n) is 2.52. The minimum absolute atomic E-state index is 0. The van der Waals surface area contributed by atoms with E-state index in [4.69, 9.17) is 23.2 Å². The average Bonchev–Trinajstić information content (AvgIpc) is 2.34. The summed E-state index contributed by atoms with van der Waals surface area (Å²) in [4.78, 5) is 0. The van der Waals surface area contributed by atoms with Gasteiger partial charge in [-0.05, 0) is 29.3 Å². The van der Waals surface area contributed by atoms with Gasteiger partial charge in [0.2, 0.25) is 0 Å². The molecule has 4 heteroatoms. The van der Waals surface area contributed by atoms with Crippen molar-refractivity contribution < 1.29 is 0 Å². The second-order valence-electron chi connectivity index (χ2n) is 3.82. The minimum Gasteiger partial charge on any atom is -0.309 e. The highest BCUT2D eigenvalue weighted by atomic mass is 35.5. The fourth-order valence-electron chi connectivity index (χ4n) is 1.59. The van der Waals surface area contributed by atoms with Crippen LogP contribution in [0.1, 0.15) is 11.1 Å². The van der Waals surface area contributed by atoms with Crippen molar-refractivity contribution in [1.29, 1.82) is 0 Å². The van der Waals surface area contributed by atoms with Crippen molar-refractivity contribution in [3.8, 4) is 0 Å². The van der Waals surface area contributed by atoms with E-state index in [0.29, 0.717) is 0 Å². The lowest BCUT2D eigenvalue weighted by molar-refractivity contribution is 0.693. The van der Waals surface area contributed by atoms with Gasteiger partial charge in [-0.2, -0.15) is 0 Å². The SMILES string of the molecule is Cl.Clc1ccc(CNCc2ccccc2Cl)cc1. The molecular formula is C14H14Cl3N. The largest absolute Gasteiger partial charge is 0.309 e. The first-order valence-electron chi connectivity index (χ1n) is 5.44. The summed E-state index contributed by atoms with van der Waals surface area (Å²) in [5.41, 5.74) is 2.32. The van der Waals surface area contributed by atoms with Crippen LogP contribution in [0.5, 0.6) is 0 Å². The summed E-state index contributed by atoms with van der Waals surface area (Å²) in [5.74, 6) is 0. The molecule has 0 aromatic heterocycles. The van der Waals surface area contributed by atoms with Gasteiger partial charge in [0.25, 0.3) is 0 Å². The maximum absolute atomic E-state index is 6.07. The molecule has 1 N–H and O–H groups in total. The standard InChI is InChI=1S/C14H13Cl2N.ClH/c15-13-7-5-11(6-8-13)9-17-10-12-3-1-2-4-14(12)16;/h1-8,17H,9-10H2;1H. The minimum atomic E-state index is 0. The number of benzene rings is 2. The molecule has 2 rings (SSSR count). The van der Waals surface area contributed by atoms with E-state index >= 15 is 0 Å². The molecule has 0 aliphatic heterocycles. The zero-order valence-electron chi connectivity index (χ0n) is 9.70. The smallest absolute Gasteiger partial charge is 0.0450 e. The number of halogens is 3. The van der Waals surface area contributed by atoms with Crippen LogP contribution in [0.15, 0.2) is 48.5 Å². The fraction of sp³-hybridized carbons (Fsp3) is 0.143. The Hall–Kier alpha value is -0.730. The third-order valence-corrected chi connectivity index (χ3v) is 3.14. The van der Waals surface area contributed by atoms with Crippen molar-refractivity contribution >= 4 is 35.6 Å². The molecule has 0 aliphatic rings. The molecule has 96 valence electrons. The van der Waals surface area contributed by atoms with E-state index in [9.17, 15) is 0 Å². The van der Waals surface area contributed by atoms with Crippen LogP contribution in [0.3, 0.4) is 0 Å². The van der Waals surface area contributed by atoms with Crippen molar-refractivity contribution in [2.45, 2.75) is 13.1 Å². The Labute approximate surface area is 124 Å². The van der Waals surface area contributed by atoms with Crippen molar-refractivity contribution in [1.82, 2.24) is 5.32 Å². The van der Waals surface area contributed by atoms with Crippen molar-refractivity contribution in [2.24, 2.45) is 0 Å². The fourth-order valence-corrected chi connectivity index (χ4v) is 1.91. The van der Waals surface area contributed by atoms with Crippen molar-refractivity contribution in [3.05, 3.63) is 69.7 Å². The lowest BCUT2D eigenvalue weighted by atomic mass is 10.2. The van der Waals surface area contributed by atoms with Crippen molar-refractivity contribution in [2.75, 3.05) is 0 Å². The lowest BCUT2D eigenvalue weighted by Gasteiger charge is -2.06. The van der Waals surface area contributed by atoms with Crippen LogP contribution in [0.2, 0.25) is 10.0 Å². The third kappa shape index (κ3) is 4.51. The molecule has 0 atom stereocenters. The molecule has 0 bridgehead atoms. The Bertz CT molecular complexity index is 483. The molecule has 18 heavy (non-hydrogen) atoms. The molecule has 0 radical (unpaired) electrons. The molecule has 0 saturated heterocycles. The van der Waals surface area contributed by atoms with Gasteiger partial charge in [-0.3, -0.25) is 0 Å². The van der Waals surface area contributed by atoms with Crippen LogP contribution in [-0.4, -0.2) is 0 Å². The van der Waals surface area contributed by atoms with Gasteiger partial charge in [0.05, 0.1) is 0 Å². The van der Waals surface area contributed by atoms with Crippen LogP contribution in [0, 0.1) is 0 Å². The summed E-state index contributed by atoms with van der Waals surface area (Å²) in [5, 5.41) is 4.92. The van der Waals surface area contributed by atoms with Gasteiger partial charge in [-0.1, -0.05) is 53.5 Å². The molecule has 1 nitrogen and oxygen atoms in total. The Kier molecular flexibility index (Phi) is 6.51. The van der Waals surface area contributed by atoms with E-state index in [1.54, 1.807) is 0 Å².